The molecule has 0 bridgehead atoms. The van der Waals surface area contributed by atoms with Crippen molar-refractivity contribution in [1.82, 2.24) is 24.9 Å². The van der Waals surface area contributed by atoms with Crippen LogP contribution in [0.25, 0.3) is 11.4 Å². The SMILES string of the molecule is COc1ccc(S(=O)(=O)N[C@H](C(=O)Nc2cccc(-c3nnnn3C)c2)C(C)C)cc1. The molecule has 1 aromatic heterocycles. The van der Waals surface area contributed by atoms with Crippen LogP contribution in [0, 0.1) is 5.92 Å². The monoisotopic (exact) mass is 444 g/mol. The summed E-state index contributed by atoms with van der Waals surface area (Å²) in [4.78, 5) is 13.0. The van der Waals surface area contributed by atoms with Gasteiger partial charge in [-0.1, -0.05) is 26.0 Å². The first-order chi connectivity index (χ1) is 14.7. The van der Waals surface area contributed by atoms with Crippen molar-refractivity contribution in [3.63, 3.8) is 0 Å². The van der Waals surface area contributed by atoms with Gasteiger partial charge >= 0.3 is 0 Å². The Morgan fingerprint density at radius 3 is 2.42 bits per heavy atom. The normalized spacial score (nSPS) is 12.5. The maximum atomic E-state index is 12.9. The second-order valence-corrected chi connectivity index (χ2v) is 8.93. The summed E-state index contributed by atoms with van der Waals surface area (Å²) in [7, 11) is -0.704. The van der Waals surface area contributed by atoms with Gasteiger partial charge in [-0.3, -0.25) is 4.79 Å². The van der Waals surface area contributed by atoms with E-state index in [9.17, 15) is 13.2 Å². The Morgan fingerprint density at radius 2 is 1.84 bits per heavy atom. The first-order valence-corrected chi connectivity index (χ1v) is 11.0. The number of ether oxygens (including phenoxy) is 1. The number of hydrogen-bond donors (Lipinski definition) is 2. The van der Waals surface area contributed by atoms with Crippen molar-refractivity contribution in [2.75, 3.05) is 12.4 Å². The number of aromatic nitrogens is 4. The Hall–Kier alpha value is -3.31. The van der Waals surface area contributed by atoms with Gasteiger partial charge in [0.1, 0.15) is 11.8 Å². The Labute approximate surface area is 180 Å². The van der Waals surface area contributed by atoms with E-state index in [-0.39, 0.29) is 10.8 Å². The molecule has 3 aromatic rings. The maximum absolute atomic E-state index is 12.9. The quantitative estimate of drug-likeness (QED) is 0.542. The van der Waals surface area contributed by atoms with Crippen LogP contribution in [0.1, 0.15) is 13.8 Å². The number of rotatable bonds is 8. The van der Waals surface area contributed by atoms with E-state index in [0.717, 1.165) is 0 Å². The molecule has 1 amide bonds. The number of tetrazole rings is 1. The molecular formula is C20H24N6O4S. The van der Waals surface area contributed by atoms with Gasteiger partial charge in [-0.25, -0.2) is 13.1 Å². The maximum Gasteiger partial charge on any atom is 0.242 e. The van der Waals surface area contributed by atoms with Gasteiger partial charge in [0, 0.05) is 18.3 Å². The average molecular weight is 445 g/mol. The lowest BCUT2D eigenvalue weighted by Crippen LogP contribution is -2.47. The molecule has 2 aromatic carbocycles. The lowest BCUT2D eigenvalue weighted by molar-refractivity contribution is -0.118. The molecule has 0 unspecified atom stereocenters. The topological polar surface area (TPSA) is 128 Å². The first kappa shape index (κ1) is 22.4. The number of carbonyl (C=O) groups is 1. The van der Waals surface area contributed by atoms with E-state index < -0.39 is 22.0 Å². The van der Waals surface area contributed by atoms with Crippen molar-refractivity contribution in [2.45, 2.75) is 24.8 Å². The van der Waals surface area contributed by atoms with E-state index in [1.54, 1.807) is 51.2 Å². The van der Waals surface area contributed by atoms with Crippen LogP contribution in [-0.4, -0.2) is 47.7 Å². The second kappa shape index (κ2) is 9.23. The minimum atomic E-state index is -3.91. The molecule has 0 radical (unpaired) electrons. The van der Waals surface area contributed by atoms with Gasteiger partial charge < -0.3 is 10.1 Å². The van der Waals surface area contributed by atoms with Crippen LogP contribution >= 0.6 is 0 Å². The molecule has 1 atom stereocenters. The Kier molecular flexibility index (Phi) is 6.66. The van der Waals surface area contributed by atoms with Gasteiger partial charge in [-0.2, -0.15) is 4.72 Å². The lowest BCUT2D eigenvalue weighted by atomic mass is 10.0. The molecule has 0 saturated carbocycles. The summed E-state index contributed by atoms with van der Waals surface area (Å²) < 4.78 is 34.7. The molecule has 164 valence electrons. The Balaban J connectivity index is 1.79. The zero-order valence-corrected chi connectivity index (χ0v) is 18.4. The molecular weight excluding hydrogens is 420 g/mol. The van der Waals surface area contributed by atoms with Gasteiger partial charge in [0.25, 0.3) is 0 Å². The number of methoxy groups -OCH3 is 1. The van der Waals surface area contributed by atoms with Gasteiger partial charge in [0.05, 0.1) is 12.0 Å². The van der Waals surface area contributed by atoms with Gasteiger partial charge in [0.2, 0.25) is 15.9 Å². The van der Waals surface area contributed by atoms with Crippen LogP contribution in [0.3, 0.4) is 0 Å². The third-order valence-electron chi connectivity index (χ3n) is 4.61. The summed E-state index contributed by atoms with van der Waals surface area (Å²) in [5.74, 6) is 0.311. The number of sulfonamides is 1. The fourth-order valence-electron chi connectivity index (χ4n) is 2.91. The van der Waals surface area contributed by atoms with Gasteiger partial charge in [-0.15, -0.1) is 5.10 Å². The largest absolute Gasteiger partial charge is 0.497 e. The second-order valence-electron chi connectivity index (χ2n) is 7.21. The summed E-state index contributed by atoms with van der Waals surface area (Å²) in [6.45, 7) is 3.53. The summed E-state index contributed by atoms with van der Waals surface area (Å²) in [5.41, 5.74) is 1.21. The summed E-state index contributed by atoms with van der Waals surface area (Å²) >= 11 is 0. The minimum absolute atomic E-state index is 0.0449. The van der Waals surface area contributed by atoms with E-state index in [1.807, 2.05) is 6.07 Å². The van der Waals surface area contributed by atoms with Gasteiger partial charge in [-0.05, 0) is 52.7 Å². The highest BCUT2D eigenvalue weighted by molar-refractivity contribution is 7.89. The van der Waals surface area contributed by atoms with Crippen LogP contribution < -0.4 is 14.8 Å². The lowest BCUT2D eigenvalue weighted by Gasteiger charge is -2.22. The van der Waals surface area contributed by atoms with E-state index in [2.05, 4.69) is 25.6 Å². The highest BCUT2D eigenvalue weighted by atomic mass is 32.2. The Morgan fingerprint density at radius 1 is 1.13 bits per heavy atom. The third kappa shape index (κ3) is 5.25. The predicted octanol–water partition coefficient (Wildman–Crippen LogP) is 1.83. The number of anilines is 1. The average Bonchev–Trinajstić information content (AvgIpc) is 3.18. The minimum Gasteiger partial charge on any atom is -0.497 e. The van der Waals surface area contributed by atoms with Crippen molar-refractivity contribution >= 4 is 21.6 Å². The van der Waals surface area contributed by atoms with Crippen molar-refractivity contribution < 1.29 is 17.9 Å². The molecule has 11 heteroatoms. The summed E-state index contributed by atoms with van der Waals surface area (Å²) in [6.07, 6.45) is 0. The van der Waals surface area contributed by atoms with Crippen LogP contribution in [-0.2, 0) is 21.9 Å². The Bertz CT molecular complexity index is 1160. The molecule has 10 nitrogen and oxygen atoms in total. The van der Waals surface area contributed by atoms with Crippen molar-refractivity contribution in [1.29, 1.82) is 0 Å². The van der Waals surface area contributed by atoms with Crippen molar-refractivity contribution in [2.24, 2.45) is 13.0 Å². The number of carbonyl (C=O) groups excluding carboxylic acids is 1. The molecule has 0 fully saturated rings. The van der Waals surface area contributed by atoms with Crippen molar-refractivity contribution in [3.05, 3.63) is 48.5 Å². The highest BCUT2D eigenvalue weighted by Crippen LogP contribution is 2.21. The van der Waals surface area contributed by atoms with Crippen LogP contribution in [0.2, 0.25) is 0 Å². The molecule has 2 N–H and O–H groups in total. The van der Waals surface area contributed by atoms with Crippen LogP contribution in [0.15, 0.2) is 53.4 Å². The fraction of sp³-hybridized carbons (Fsp3) is 0.300. The third-order valence-corrected chi connectivity index (χ3v) is 6.07. The van der Waals surface area contributed by atoms with Crippen molar-refractivity contribution in [3.8, 4) is 17.1 Å². The molecule has 31 heavy (non-hydrogen) atoms. The zero-order chi connectivity index (χ0) is 22.6. The molecule has 1 heterocycles. The number of aryl methyl sites for hydroxylation is 1. The number of hydrogen-bond acceptors (Lipinski definition) is 7. The van der Waals surface area contributed by atoms with Gasteiger partial charge in [0.15, 0.2) is 5.82 Å². The number of nitrogens with zero attached hydrogens (tertiary/aromatic N) is 4. The molecule has 3 rings (SSSR count). The molecule has 0 aliphatic heterocycles. The fourth-order valence-corrected chi connectivity index (χ4v) is 4.26. The number of amides is 1. The molecule has 0 aliphatic carbocycles. The number of nitrogens with one attached hydrogen (secondary N) is 2. The predicted molar refractivity (Wildman–Crippen MR) is 115 cm³/mol. The molecule has 0 aliphatic rings. The smallest absolute Gasteiger partial charge is 0.242 e. The summed E-state index contributed by atoms with van der Waals surface area (Å²) in [5, 5.41) is 14.1. The van der Waals surface area contributed by atoms with Crippen LogP contribution in [0.5, 0.6) is 5.75 Å². The first-order valence-electron chi connectivity index (χ1n) is 9.51. The standard InChI is InChI=1S/C20H24N6O4S/c1-13(2)18(23-31(28,29)17-10-8-16(30-4)9-11-17)20(27)21-15-7-5-6-14(12-15)19-22-24-25-26(19)3/h5-13,18,23H,1-4H3,(H,21,27)/t18-/m0/s1. The zero-order valence-electron chi connectivity index (χ0n) is 17.6. The molecule has 0 saturated heterocycles. The van der Waals surface area contributed by atoms with E-state index in [0.29, 0.717) is 22.8 Å². The number of benzene rings is 2. The highest BCUT2D eigenvalue weighted by Gasteiger charge is 2.28. The van der Waals surface area contributed by atoms with E-state index in [1.165, 1.54) is 23.9 Å². The van der Waals surface area contributed by atoms with Crippen LogP contribution in [0.4, 0.5) is 5.69 Å². The molecule has 0 spiro atoms. The summed E-state index contributed by atoms with van der Waals surface area (Å²) in [6, 6.07) is 12.0. The van der Waals surface area contributed by atoms with E-state index >= 15 is 0 Å². The van der Waals surface area contributed by atoms with E-state index in [4.69, 9.17) is 4.74 Å².